The molecular formula is C17H24NO3+. The lowest BCUT2D eigenvalue weighted by atomic mass is 9.88. The Bertz CT molecular complexity index is 482. The third-order valence-corrected chi connectivity index (χ3v) is 3.46. The number of ketones is 1. The molecule has 1 aromatic carbocycles. The molecule has 0 aliphatic carbocycles. The number of ether oxygens (including phenoxy) is 1. The zero-order chi connectivity index (χ0) is 15.8. The quantitative estimate of drug-likeness (QED) is 0.587. The van der Waals surface area contributed by atoms with Crippen molar-refractivity contribution in [1.29, 1.82) is 0 Å². The fourth-order valence-electron chi connectivity index (χ4n) is 2.07. The number of hydrogen-bond acceptors (Lipinski definition) is 3. The Morgan fingerprint density at radius 2 is 1.90 bits per heavy atom. The van der Waals surface area contributed by atoms with Crippen LogP contribution in [-0.2, 0) is 14.3 Å². The second-order valence-corrected chi connectivity index (χ2v) is 5.40. The van der Waals surface area contributed by atoms with Gasteiger partial charge in [0.1, 0.15) is 6.61 Å². The maximum atomic E-state index is 12.3. The highest BCUT2D eigenvalue weighted by Crippen LogP contribution is 2.21. The monoisotopic (exact) mass is 290 g/mol. The average molecular weight is 290 g/mol. The predicted molar refractivity (Wildman–Crippen MR) is 81.2 cm³/mol. The first kappa shape index (κ1) is 17.1. The van der Waals surface area contributed by atoms with Crippen LogP contribution in [0.1, 0.15) is 31.9 Å². The maximum absolute atomic E-state index is 12.3. The van der Waals surface area contributed by atoms with Gasteiger partial charge in [0.25, 0.3) is 0 Å². The Morgan fingerprint density at radius 3 is 2.43 bits per heavy atom. The summed E-state index contributed by atoms with van der Waals surface area (Å²) in [7, 11) is 0. The van der Waals surface area contributed by atoms with Gasteiger partial charge in [-0.3, -0.25) is 9.59 Å². The van der Waals surface area contributed by atoms with Crippen LogP contribution in [0.15, 0.2) is 43.0 Å². The first-order valence-electron chi connectivity index (χ1n) is 7.15. The van der Waals surface area contributed by atoms with Crippen LogP contribution < -0.4 is 5.73 Å². The van der Waals surface area contributed by atoms with Crippen LogP contribution in [-0.4, -0.2) is 18.4 Å². The fourth-order valence-corrected chi connectivity index (χ4v) is 2.07. The van der Waals surface area contributed by atoms with Crippen LogP contribution in [0.3, 0.4) is 0 Å². The van der Waals surface area contributed by atoms with Gasteiger partial charge in [-0.2, -0.15) is 0 Å². The molecule has 0 radical (unpaired) electrons. The molecule has 1 rings (SSSR count). The lowest BCUT2D eigenvalue weighted by Gasteiger charge is -2.19. The minimum Gasteiger partial charge on any atom is -0.461 e. The minimum atomic E-state index is -0.459. The molecule has 0 fully saturated rings. The molecule has 0 aromatic heterocycles. The summed E-state index contributed by atoms with van der Waals surface area (Å²) in [5.41, 5.74) is 4.79. The molecule has 0 unspecified atom stereocenters. The minimum absolute atomic E-state index is 0.0363. The van der Waals surface area contributed by atoms with Gasteiger partial charge < -0.3 is 10.5 Å². The van der Waals surface area contributed by atoms with Gasteiger partial charge >= 0.3 is 5.97 Å². The van der Waals surface area contributed by atoms with Gasteiger partial charge in [0.2, 0.25) is 0 Å². The van der Waals surface area contributed by atoms with Crippen molar-refractivity contribution < 1.29 is 20.1 Å². The van der Waals surface area contributed by atoms with Crippen molar-refractivity contribution in [3.05, 3.63) is 48.6 Å². The van der Waals surface area contributed by atoms with Crippen LogP contribution in [0.4, 0.5) is 0 Å². The molecule has 3 N–H and O–H groups in total. The van der Waals surface area contributed by atoms with Crippen molar-refractivity contribution in [2.24, 2.45) is 11.8 Å². The first-order valence-corrected chi connectivity index (χ1v) is 7.15. The highest BCUT2D eigenvalue weighted by atomic mass is 16.5. The zero-order valence-corrected chi connectivity index (χ0v) is 12.7. The van der Waals surface area contributed by atoms with E-state index in [4.69, 9.17) is 4.74 Å². The van der Waals surface area contributed by atoms with E-state index in [1.165, 1.54) is 6.08 Å². The molecule has 1 aromatic rings. The Labute approximate surface area is 126 Å². The Balaban J connectivity index is 2.72. The van der Waals surface area contributed by atoms with E-state index in [-0.39, 0.29) is 30.7 Å². The molecule has 0 saturated carbocycles. The number of carbonyl (C=O) groups is 2. The van der Waals surface area contributed by atoms with Gasteiger partial charge in [-0.1, -0.05) is 56.8 Å². The second kappa shape index (κ2) is 8.37. The van der Waals surface area contributed by atoms with E-state index in [1.807, 2.05) is 44.2 Å². The van der Waals surface area contributed by atoms with Crippen molar-refractivity contribution in [3.8, 4) is 0 Å². The first-order chi connectivity index (χ1) is 9.97. The van der Waals surface area contributed by atoms with Gasteiger partial charge in [0.15, 0.2) is 11.8 Å². The number of rotatable bonds is 8. The van der Waals surface area contributed by atoms with E-state index in [9.17, 15) is 9.59 Å². The summed E-state index contributed by atoms with van der Waals surface area (Å²) in [6, 6.07) is 8.92. The van der Waals surface area contributed by atoms with Crippen LogP contribution in [0.25, 0.3) is 0 Å². The summed E-state index contributed by atoms with van der Waals surface area (Å²) < 4.78 is 5.07. The number of Topliss-reactive ketones (excluding diaryl/α,β-unsaturated/α-hetero) is 1. The van der Waals surface area contributed by atoms with E-state index in [0.717, 1.165) is 5.56 Å². The van der Waals surface area contributed by atoms with Gasteiger partial charge in [0, 0.05) is 12.0 Å². The summed E-state index contributed by atoms with van der Waals surface area (Å²) in [4.78, 5) is 24.3. The second-order valence-electron chi connectivity index (χ2n) is 5.40. The third kappa shape index (κ3) is 5.16. The van der Waals surface area contributed by atoms with Gasteiger partial charge in [-0.25, -0.2) is 0 Å². The average Bonchev–Trinajstić information content (AvgIpc) is 2.49. The summed E-state index contributed by atoms with van der Waals surface area (Å²) >= 11 is 0. The number of esters is 1. The summed E-state index contributed by atoms with van der Waals surface area (Å²) in [6.45, 7) is 7.50. The highest BCUT2D eigenvalue weighted by molar-refractivity contribution is 5.88. The Kier molecular flexibility index (Phi) is 6.82. The van der Waals surface area contributed by atoms with Crippen molar-refractivity contribution in [3.63, 3.8) is 0 Å². The van der Waals surface area contributed by atoms with E-state index in [1.54, 1.807) is 0 Å². The fraction of sp³-hybridized carbons (Fsp3) is 0.412. The molecule has 4 nitrogen and oxygen atoms in total. The maximum Gasteiger partial charge on any atom is 0.309 e. The molecular weight excluding hydrogens is 266 g/mol. The summed E-state index contributed by atoms with van der Waals surface area (Å²) in [6.07, 6.45) is 1.67. The molecule has 0 saturated heterocycles. The third-order valence-electron chi connectivity index (χ3n) is 3.46. The topological polar surface area (TPSA) is 71.0 Å². The smallest absolute Gasteiger partial charge is 0.309 e. The molecule has 0 amide bonds. The lowest BCUT2D eigenvalue weighted by Crippen LogP contribution is -2.57. The summed E-state index contributed by atoms with van der Waals surface area (Å²) in [5, 5.41) is 0. The van der Waals surface area contributed by atoms with E-state index in [2.05, 4.69) is 12.3 Å². The van der Waals surface area contributed by atoms with Crippen molar-refractivity contribution in [2.45, 2.75) is 26.3 Å². The standard InChI is InChI=1S/C17H23NO3/c1-4-10-21-17(20)14(12(2)3)11-15(19)16(18)13-8-6-5-7-9-13/h4-9,12,14,16H,1,10-11,18H2,2-3H3/p+1/t14-,16-/m0/s1. The zero-order valence-electron chi connectivity index (χ0n) is 12.7. The predicted octanol–water partition coefficient (Wildman–Crippen LogP) is 1.93. The van der Waals surface area contributed by atoms with Crippen LogP contribution in [0, 0.1) is 11.8 Å². The molecule has 0 aliphatic heterocycles. The number of quaternary nitrogens is 1. The molecule has 21 heavy (non-hydrogen) atoms. The largest absolute Gasteiger partial charge is 0.461 e. The van der Waals surface area contributed by atoms with Crippen molar-refractivity contribution >= 4 is 11.8 Å². The van der Waals surface area contributed by atoms with Crippen molar-refractivity contribution in [1.82, 2.24) is 0 Å². The molecule has 4 heteroatoms. The van der Waals surface area contributed by atoms with Crippen molar-refractivity contribution in [2.75, 3.05) is 6.61 Å². The molecule has 2 atom stereocenters. The highest BCUT2D eigenvalue weighted by Gasteiger charge is 2.30. The van der Waals surface area contributed by atoms with Crippen LogP contribution in [0.5, 0.6) is 0 Å². The van der Waals surface area contributed by atoms with E-state index < -0.39 is 12.0 Å². The lowest BCUT2D eigenvalue weighted by molar-refractivity contribution is -0.409. The van der Waals surface area contributed by atoms with E-state index >= 15 is 0 Å². The Hall–Kier alpha value is -1.94. The van der Waals surface area contributed by atoms with Gasteiger partial charge in [-0.05, 0) is 5.92 Å². The SMILES string of the molecule is C=CCOC(=O)[C@@H](CC(=O)[C@@H]([NH3+])c1ccccc1)C(C)C. The molecule has 114 valence electrons. The molecule has 0 spiro atoms. The molecule has 0 heterocycles. The van der Waals surface area contributed by atoms with Gasteiger partial charge in [-0.15, -0.1) is 0 Å². The molecule has 0 bridgehead atoms. The van der Waals surface area contributed by atoms with Crippen LogP contribution in [0.2, 0.25) is 0 Å². The number of carbonyl (C=O) groups excluding carboxylic acids is 2. The van der Waals surface area contributed by atoms with Gasteiger partial charge in [0.05, 0.1) is 5.92 Å². The normalized spacial score (nSPS) is 13.5. The Morgan fingerprint density at radius 1 is 1.29 bits per heavy atom. The summed E-state index contributed by atoms with van der Waals surface area (Å²) in [5.74, 6) is -0.798. The molecule has 0 aliphatic rings. The van der Waals surface area contributed by atoms with E-state index in [0.29, 0.717) is 0 Å². The number of benzene rings is 1. The number of hydrogen-bond donors (Lipinski definition) is 1. The van der Waals surface area contributed by atoms with Crippen LogP contribution >= 0.6 is 0 Å².